The second-order valence-corrected chi connectivity index (χ2v) is 6.87. The minimum Gasteiger partial charge on any atom is -0.497 e. The number of anilines is 1. The van der Waals surface area contributed by atoms with E-state index in [9.17, 15) is 9.59 Å². The number of carbonyl (C=O) groups is 2. The Labute approximate surface area is 167 Å². The molecule has 2 aromatic carbocycles. The van der Waals surface area contributed by atoms with Crippen LogP contribution in [0.15, 0.2) is 48.5 Å². The Hall–Kier alpha value is -2.86. The molecule has 0 bridgehead atoms. The third kappa shape index (κ3) is 6.70. The number of methoxy groups -OCH3 is 1. The maximum absolute atomic E-state index is 12.4. The van der Waals surface area contributed by atoms with E-state index >= 15 is 0 Å². The molecule has 0 aromatic heterocycles. The Morgan fingerprint density at radius 1 is 1.00 bits per heavy atom. The van der Waals surface area contributed by atoms with Crippen molar-refractivity contribution in [1.29, 1.82) is 0 Å². The largest absolute Gasteiger partial charge is 0.497 e. The lowest BCUT2D eigenvalue weighted by atomic mass is 10.1. The SMILES string of the molecule is CCc1ccc(CN(C)CC(=O)N(C)CC(=O)Nc2cccc(OC)c2)cc1. The molecule has 1 N–H and O–H groups in total. The van der Waals surface area contributed by atoms with E-state index in [2.05, 4.69) is 36.5 Å². The third-order valence-electron chi connectivity index (χ3n) is 4.45. The monoisotopic (exact) mass is 383 g/mol. The van der Waals surface area contributed by atoms with E-state index < -0.39 is 0 Å². The molecule has 2 aromatic rings. The fourth-order valence-corrected chi connectivity index (χ4v) is 2.80. The van der Waals surface area contributed by atoms with E-state index in [-0.39, 0.29) is 24.9 Å². The van der Waals surface area contributed by atoms with Gasteiger partial charge in [-0.15, -0.1) is 0 Å². The fraction of sp³-hybridized carbons (Fsp3) is 0.364. The van der Waals surface area contributed by atoms with E-state index in [1.165, 1.54) is 10.5 Å². The number of nitrogens with one attached hydrogen (secondary N) is 1. The van der Waals surface area contributed by atoms with E-state index in [0.29, 0.717) is 18.0 Å². The summed E-state index contributed by atoms with van der Waals surface area (Å²) >= 11 is 0. The van der Waals surface area contributed by atoms with Crippen molar-refractivity contribution in [3.8, 4) is 5.75 Å². The molecular formula is C22H29N3O3. The highest BCUT2D eigenvalue weighted by Crippen LogP contribution is 2.16. The standard InChI is InChI=1S/C22H29N3O3/c1-5-17-9-11-18(12-10-17)14-24(2)16-22(27)25(3)15-21(26)23-19-7-6-8-20(13-19)28-4/h6-13H,5,14-16H2,1-4H3,(H,23,26). The average molecular weight is 383 g/mol. The number of benzene rings is 2. The van der Waals surface area contributed by atoms with Crippen LogP contribution >= 0.6 is 0 Å². The van der Waals surface area contributed by atoms with Gasteiger partial charge in [-0.05, 0) is 36.7 Å². The molecule has 0 saturated carbocycles. The predicted octanol–water partition coefficient (Wildman–Crippen LogP) is 2.79. The van der Waals surface area contributed by atoms with Crippen LogP contribution in [0.4, 0.5) is 5.69 Å². The van der Waals surface area contributed by atoms with Crippen molar-refractivity contribution in [1.82, 2.24) is 9.80 Å². The molecule has 6 heteroatoms. The van der Waals surface area contributed by atoms with Gasteiger partial charge in [0.15, 0.2) is 0 Å². The van der Waals surface area contributed by atoms with Crippen LogP contribution in [0.3, 0.4) is 0 Å². The van der Waals surface area contributed by atoms with Gasteiger partial charge in [0.1, 0.15) is 5.75 Å². The van der Waals surface area contributed by atoms with E-state index in [0.717, 1.165) is 12.0 Å². The van der Waals surface area contributed by atoms with E-state index in [1.807, 2.05) is 11.9 Å². The predicted molar refractivity (Wildman–Crippen MR) is 111 cm³/mol. The lowest BCUT2D eigenvalue weighted by Gasteiger charge is -2.21. The maximum Gasteiger partial charge on any atom is 0.243 e. The zero-order valence-corrected chi connectivity index (χ0v) is 17.1. The summed E-state index contributed by atoms with van der Waals surface area (Å²) in [7, 11) is 5.11. The van der Waals surface area contributed by atoms with Gasteiger partial charge in [0.05, 0.1) is 20.2 Å². The van der Waals surface area contributed by atoms with Gasteiger partial charge in [-0.3, -0.25) is 14.5 Å². The Kier molecular flexibility index (Phi) is 8.02. The topological polar surface area (TPSA) is 61.9 Å². The van der Waals surface area contributed by atoms with Crippen LogP contribution in [-0.2, 0) is 22.6 Å². The summed E-state index contributed by atoms with van der Waals surface area (Å²) in [6.07, 6.45) is 1.01. The molecule has 0 radical (unpaired) electrons. The number of ether oxygens (including phenoxy) is 1. The molecule has 2 rings (SSSR count). The van der Waals surface area contributed by atoms with Crippen LogP contribution in [0.5, 0.6) is 5.75 Å². The van der Waals surface area contributed by atoms with Gasteiger partial charge in [0.25, 0.3) is 0 Å². The zero-order valence-electron chi connectivity index (χ0n) is 17.1. The van der Waals surface area contributed by atoms with Gasteiger partial charge in [0.2, 0.25) is 11.8 Å². The van der Waals surface area contributed by atoms with Crippen LogP contribution in [0, 0.1) is 0 Å². The van der Waals surface area contributed by atoms with Crippen molar-refractivity contribution in [3.63, 3.8) is 0 Å². The highest BCUT2D eigenvalue weighted by molar-refractivity contribution is 5.94. The molecule has 0 saturated heterocycles. The molecule has 0 heterocycles. The lowest BCUT2D eigenvalue weighted by molar-refractivity contribution is -0.134. The third-order valence-corrected chi connectivity index (χ3v) is 4.45. The quantitative estimate of drug-likeness (QED) is 0.723. The first-order chi connectivity index (χ1) is 13.4. The molecule has 0 aliphatic heterocycles. The molecule has 28 heavy (non-hydrogen) atoms. The Bertz CT molecular complexity index is 790. The highest BCUT2D eigenvalue weighted by atomic mass is 16.5. The number of aryl methyl sites for hydroxylation is 1. The summed E-state index contributed by atoms with van der Waals surface area (Å²) in [6, 6.07) is 15.5. The minimum absolute atomic E-state index is 0.00488. The van der Waals surface area contributed by atoms with Crippen molar-refractivity contribution in [2.75, 3.05) is 39.6 Å². The van der Waals surface area contributed by atoms with Gasteiger partial charge < -0.3 is 15.0 Å². The normalized spacial score (nSPS) is 10.6. The summed E-state index contributed by atoms with van der Waals surface area (Å²) in [6.45, 7) is 3.05. The number of amides is 2. The first-order valence-corrected chi connectivity index (χ1v) is 9.35. The van der Waals surface area contributed by atoms with E-state index in [1.54, 1.807) is 38.4 Å². The molecule has 0 spiro atoms. The summed E-state index contributed by atoms with van der Waals surface area (Å²) in [5.74, 6) is 0.311. The van der Waals surface area contributed by atoms with Crippen LogP contribution in [0.1, 0.15) is 18.1 Å². The van der Waals surface area contributed by atoms with Gasteiger partial charge >= 0.3 is 0 Å². The van der Waals surface area contributed by atoms with Gasteiger partial charge in [-0.2, -0.15) is 0 Å². The Balaban J connectivity index is 1.81. The first kappa shape index (κ1) is 21.4. The molecular weight excluding hydrogens is 354 g/mol. The zero-order chi connectivity index (χ0) is 20.5. The summed E-state index contributed by atoms with van der Waals surface area (Å²) in [5.41, 5.74) is 3.09. The van der Waals surface area contributed by atoms with Crippen molar-refractivity contribution in [2.24, 2.45) is 0 Å². The summed E-state index contributed by atoms with van der Waals surface area (Å²) < 4.78 is 5.14. The minimum atomic E-state index is -0.248. The highest BCUT2D eigenvalue weighted by Gasteiger charge is 2.15. The molecule has 0 aliphatic rings. The van der Waals surface area contributed by atoms with Gasteiger partial charge in [0, 0.05) is 25.3 Å². The fourth-order valence-electron chi connectivity index (χ4n) is 2.80. The molecule has 0 aliphatic carbocycles. The van der Waals surface area contributed by atoms with Gasteiger partial charge in [-0.1, -0.05) is 37.3 Å². The Morgan fingerprint density at radius 2 is 1.68 bits per heavy atom. The number of hydrogen-bond donors (Lipinski definition) is 1. The second kappa shape index (κ2) is 10.5. The molecule has 0 atom stereocenters. The smallest absolute Gasteiger partial charge is 0.243 e. The van der Waals surface area contributed by atoms with Crippen LogP contribution in [0.2, 0.25) is 0 Å². The summed E-state index contributed by atoms with van der Waals surface area (Å²) in [5, 5.41) is 2.78. The second-order valence-electron chi connectivity index (χ2n) is 6.87. The average Bonchev–Trinajstić information content (AvgIpc) is 2.68. The van der Waals surface area contributed by atoms with Crippen molar-refractivity contribution < 1.29 is 14.3 Å². The van der Waals surface area contributed by atoms with Gasteiger partial charge in [-0.25, -0.2) is 0 Å². The lowest BCUT2D eigenvalue weighted by Crippen LogP contribution is -2.40. The number of nitrogens with zero attached hydrogens (tertiary/aromatic N) is 2. The van der Waals surface area contributed by atoms with Crippen LogP contribution in [0.25, 0.3) is 0 Å². The first-order valence-electron chi connectivity index (χ1n) is 9.35. The number of rotatable bonds is 9. The van der Waals surface area contributed by atoms with Crippen molar-refractivity contribution in [3.05, 3.63) is 59.7 Å². The molecule has 0 unspecified atom stereocenters. The number of carbonyl (C=O) groups excluding carboxylic acids is 2. The number of likely N-dealkylation sites (N-methyl/N-ethyl adjacent to an activating group) is 2. The van der Waals surface area contributed by atoms with Crippen molar-refractivity contribution >= 4 is 17.5 Å². The van der Waals surface area contributed by atoms with Crippen molar-refractivity contribution in [2.45, 2.75) is 19.9 Å². The maximum atomic E-state index is 12.4. The molecule has 0 fully saturated rings. The Morgan fingerprint density at radius 3 is 2.32 bits per heavy atom. The van der Waals surface area contributed by atoms with Crippen LogP contribution < -0.4 is 10.1 Å². The van der Waals surface area contributed by atoms with E-state index in [4.69, 9.17) is 4.74 Å². The number of hydrogen-bond acceptors (Lipinski definition) is 4. The van der Waals surface area contributed by atoms with Crippen LogP contribution in [-0.4, -0.2) is 55.9 Å². The molecule has 6 nitrogen and oxygen atoms in total. The summed E-state index contributed by atoms with van der Waals surface area (Å²) in [4.78, 5) is 28.0. The molecule has 2 amide bonds. The molecule has 150 valence electrons.